The van der Waals surface area contributed by atoms with Gasteiger partial charge in [0.1, 0.15) is 5.15 Å². The van der Waals surface area contributed by atoms with Gasteiger partial charge in [0, 0.05) is 18.2 Å². The number of rotatable bonds is 5. The first kappa shape index (κ1) is 22.3. The Morgan fingerprint density at radius 1 is 1.24 bits per heavy atom. The molecule has 0 aliphatic carbocycles. The number of hydrogen-bond acceptors (Lipinski definition) is 5. The van der Waals surface area contributed by atoms with Gasteiger partial charge in [-0.1, -0.05) is 35.0 Å². The largest absolute Gasteiger partial charge is 0.464 e. The van der Waals surface area contributed by atoms with Crippen molar-refractivity contribution in [1.82, 2.24) is 10.3 Å². The third kappa shape index (κ3) is 6.51. The molecule has 1 aromatic heterocycles. The number of nitro groups is 1. The molecule has 1 amide bonds. The predicted octanol–water partition coefficient (Wildman–Crippen LogP) is 4.13. The molecule has 7 nitrogen and oxygen atoms in total. The molecule has 0 aliphatic rings. The molecule has 2 rings (SSSR count). The summed E-state index contributed by atoms with van der Waals surface area (Å²) in [4.78, 5) is 25.7. The van der Waals surface area contributed by atoms with Crippen LogP contribution < -0.4 is 10.1 Å². The van der Waals surface area contributed by atoms with Crippen LogP contribution in [0, 0.1) is 22.0 Å². The van der Waals surface area contributed by atoms with Gasteiger partial charge in [-0.2, -0.15) is 13.2 Å². The van der Waals surface area contributed by atoms with Gasteiger partial charge in [-0.15, -0.1) is 0 Å². The van der Waals surface area contributed by atoms with Gasteiger partial charge in [0.25, 0.3) is 11.6 Å². The highest BCUT2D eigenvalue weighted by Crippen LogP contribution is 2.32. The van der Waals surface area contributed by atoms with E-state index >= 15 is 0 Å². The van der Waals surface area contributed by atoms with Crippen molar-refractivity contribution >= 4 is 34.8 Å². The van der Waals surface area contributed by atoms with Crippen molar-refractivity contribution in [2.75, 3.05) is 13.2 Å². The second-order valence-electron chi connectivity index (χ2n) is 5.26. The van der Waals surface area contributed by atoms with E-state index in [1.165, 1.54) is 6.07 Å². The normalized spacial score (nSPS) is 10.7. The molecule has 12 heteroatoms. The van der Waals surface area contributed by atoms with E-state index in [9.17, 15) is 28.1 Å². The number of nitro benzene ring substituents is 1. The number of aromatic nitrogens is 1. The van der Waals surface area contributed by atoms with Gasteiger partial charge >= 0.3 is 6.18 Å². The van der Waals surface area contributed by atoms with Gasteiger partial charge in [-0.25, -0.2) is 4.98 Å². The summed E-state index contributed by atoms with van der Waals surface area (Å²) in [7, 11) is 0. The van der Waals surface area contributed by atoms with Crippen LogP contribution in [0.1, 0.15) is 15.9 Å². The summed E-state index contributed by atoms with van der Waals surface area (Å²) in [5, 5.41) is 12.8. The highest BCUT2D eigenvalue weighted by Gasteiger charge is 2.31. The quantitative estimate of drug-likeness (QED) is 0.321. The van der Waals surface area contributed by atoms with E-state index in [0.29, 0.717) is 12.1 Å². The lowest BCUT2D eigenvalue weighted by atomic mass is 10.2. The molecule has 2 aromatic rings. The average molecular weight is 448 g/mol. The summed E-state index contributed by atoms with van der Waals surface area (Å²) < 4.78 is 43.1. The number of nitrogens with one attached hydrogen (secondary N) is 1. The Labute approximate surface area is 171 Å². The lowest BCUT2D eigenvalue weighted by molar-refractivity contribution is -0.384. The van der Waals surface area contributed by atoms with Crippen LogP contribution in [0.4, 0.5) is 18.9 Å². The van der Waals surface area contributed by atoms with Crippen molar-refractivity contribution in [1.29, 1.82) is 0 Å². The number of carbonyl (C=O) groups excluding carboxylic acids is 1. The Morgan fingerprint density at radius 2 is 1.97 bits per heavy atom. The number of ether oxygens (including phenoxy) is 1. The van der Waals surface area contributed by atoms with Crippen LogP contribution in [-0.4, -0.2) is 29.0 Å². The minimum Gasteiger partial charge on any atom is -0.464 e. The molecule has 1 heterocycles. The van der Waals surface area contributed by atoms with Crippen LogP contribution in [0.15, 0.2) is 30.3 Å². The molecule has 0 bridgehead atoms. The minimum absolute atomic E-state index is 0.0249. The number of hydrogen-bond donors (Lipinski definition) is 1. The van der Waals surface area contributed by atoms with Crippen LogP contribution in [0.2, 0.25) is 10.2 Å². The van der Waals surface area contributed by atoms with E-state index in [2.05, 4.69) is 22.1 Å². The molecule has 1 N–H and O–H groups in total. The fourth-order valence-electron chi connectivity index (χ4n) is 1.95. The Hall–Kier alpha value is -3.03. The van der Waals surface area contributed by atoms with Crippen molar-refractivity contribution in [3.05, 3.63) is 61.7 Å². The second-order valence-corrected chi connectivity index (χ2v) is 6.06. The maximum absolute atomic E-state index is 12.7. The van der Waals surface area contributed by atoms with Crippen LogP contribution in [0.3, 0.4) is 0 Å². The Balaban J connectivity index is 1.91. The Morgan fingerprint density at radius 3 is 2.62 bits per heavy atom. The number of pyridine rings is 1. The topological polar surface area (TPSA) is 94.4 Å². The number of nitrogens with zero attached hydrogens (tertiary/aromatic N) is 2. The number of alkyl halides is 3. The van der Waals surface area contributed by atoms with Crippen LogP contribution in [-0.2, 0) is 6.18 Å². The number of non-ortho nitro benzene ring substituents is 1. The van der Waals surface area contributed by atoms with Gasteiger partial charge in [0.05, 0.1) is 27.6 Å². The molecule has 29 heavy (non-hydrogen) atoms. The minimum atomic E-state index is -4.60. The van der Waals surface area contributed by atoms with E-state index < -0.39 is 22.6 Å². The van der Waals surface area contributed by atoms with E-state index in [-0.39, 0.29) is 40.5 Å². The highest BCUT2D eigenvalue weighted by atomic mass is 35.5. The Bertz CT molecular complexity index is 1000. The Kier molecular flexibility index (Phi) is 7.25. The van der Waals surface area contributed by atoms with Crippen LogP contribution in [0.25, 0.3) is 0 Å². The van der Waals surface area contributed by atoms with Gasteiger partial charge in [-0.05, 0) is 12.1 Å². The lowest BCUT2D eigenvalue weighted by Gasteiger charge is -2.08. The molecule has 0 aliphatic heterocycles. The van der Waals surface area contributed by atoms with Gasteiger partial charge in [0.15, 0.2) is 6.61 Å². The molecule has 0 unspecified atom stereocenters. The molecule has 0 saturated carbocycles. The maximum atomic E-state index is 12.7. The third-order valence-corrected chi connectivity index (χ3v) is 3.78. The van der Waals surface area contributed by atoms with Gasteiger partial charge < -0.3 is 10.1 Å². The zero-order chi connectivity index (χ0) is 21.6. The van der Waals surface area contributed by atoms with Gasteiger partial charge in [-0.3, -0.25) is 14.9 Å². The molecule has 1 aromatic carbocycles. The highest BCUT2D eigenvalue weighted by molar-refractivity contribution is 6.34. The van der Waals surface area contributed by atoms with Crippen LogP contribution >= 0.6 is 23.2 Å². The first-order valence-corrected chi connectivity index (χ1v) is 8.39. The van der Waals surface area contributed by atoms with E-state index in [1.807, 2.05) is 0 Å². The molecule has 0 saturated heterocycles. The zero-order valence-electron chi connectivity index (χ0n) is 14.2. The van der Waals surface area contributed by atoms with E-state index in [1.54, 1.807) is 0 Å². The molecule has 0 atom stereocenters. The number of carbonyl (C=O) groups is 1. The van der Waals surface area contributed by atoms with Crippen LogP contribution in [0.5, 0.6) is 5.88 Å². The molecular formula is C17H10Cl2F3N3O4. The molecule has 0 spiro atoms. The summed E-state index contributed by atoms with van der Waals surface area (Å²) in [6, 6.07) is 4.75. The number of benzene rings is 1. The number of halogens is 5. The zero-order valence-corrected chi connectivity index (χ0v) is 15.7. The summed E-state index contributed by atoms with van der Waals surface area (Å²) in [6.07, 6.45) is -4.60. The fourth-order valence-corrected chi connectivity index (χ4v) is 2.36. The van der Waals surface area contributed by atoms with Crippen molar-refractivity contribution < 1.29 is 27.6 Å². The van der Waals surface area contributed by atoms with E-state index in [4.69, 9.17) is 27.9 Å². The first-order valence-electron chi connectivity index (χ1n) is 7.63. The monoisotopic (exact) mass is 447 g/mol. The fraction of sp³-hybridized carbons (Fsp3) is 0.176. The standard InChI is InChI=1S/C17H10Cl2F3N3O4/c18-13-4-3-11(25(27)28)9-12(13)16(26)23-5-1-2-6-29-15-8-10(17(20,21)22)7-14(19)24-15/h3-4,7-9H,5-6H2,(H,23,26). The summed E-state index contributed by atoms with van der Waals surface area (Å²) in [5.74, 6) is 3.94. The first-order chi connectivity index (χ1) is 13.6. The predicted molar refractivity (Wildman–Crippen MR) is 98.0 cm³/mol. The van der Waals surface area contributed by atoms with Crippen molar-refractivity contribution in [2.45, 2.75) is 6.18 Å². The number of amides is 1. The molecule has 0 fully saturated rings. The van der Waals surface area contributed by atoms with Crippen molar-refractivity contribution in [2.24, 2.45) is 0 Å². The van der Waals surface area contributed by atoms with Gasteiger partial charge in [0.2, 0.25) is 5.88 Å². The summed E-state index contributed by atoms with van der Waals surface area (Å²) >= 11 is 11.4. The lowest BCUT2D eigenvalue weighted by Crippen LogP contribution is -2.24. The summed E-state index contributed by atoms with van der Waals surface area (Å²) in [6.45, 7) is -0.462. The average Bonchev–Trinajstić information content (AvgIpc) is 2.63. The summed E-state index contributed by atoms with van der Waals surface area (Å²) in [5.41, 5.74) is -1.41. The second kappa shape index (κ2) is 9.45. The maximum Gasteiger partial charge on any atom is 0.416 e. The smallest absolute Gasteiger partial charge is 0.416 e. The molecular weight excluding hydrogens is 438 g/mol. The molecule has 0 radical (unpaired) electrons. The van der Waals surface area contributed by atoms with E-state index in [0.717, 1.165) is 12.1 Å². The third-order valence-electron chi connectivity index (χ3n) is 3.26. The molecule has 152 valence electrons. The van der Waals surface area contributed by atoms with Crippen molar-refractivity contribution in [3.8, 4) is 17.7 Å². The SMILES string of the molecule is O=C(NCC#CCOc1cc(C(F)(F)F)cc(Cl)n1)c1cc([N+](=O)[O-])ccc1Cl. The van der Waals surface area contributed by atoms with Crippen molar-refractivity contribution in [3.63, 3.8) is 0 Å².